The van der Waals surface area contributed by atoms with E-state index >= 15 is 0 Å². The van der Waals surface area contributed by atoms with Gasteiger partial charge in [-0.25, -0.2) is 5.06 Å². The molecule has 0 heterocycles. The Hall–Kier alpha value is -2.90. The van der Waals surface area contributed by atoms with Crippen molar-refractivity contribution in [2.75, 3.05) is 0 Å². The van der Waals surface area contributed by atoms with E-state index in [1.807, 2.05) is 42.5 Å². The molecule has 0 fully saturated rings. The summed E-state index contributed by atoms with van der Waals surface area (Å²) in [6.45, 7) is 3.05. The van der Waals surface area contributed by atoms with Crippen LogP contribution < -0.4 is 0 Å². The molecular weight excluding hydrogens is 288 g/mol. The molecule has 0 aliphatic heterocycles. The number of benzene rings is 2. The minimum Gasteiger partial charge on any atom is -0.285 e. The van der Waals surface area contributed by atoms with Crippen molar-refractivity contribution in [1.82, 2.24) is 5.06 Å². The maximum atomic E-state index is 11.1. The first-order chi connectivity index (χ1) is 11.0. The molecule has 0 unspecified atom stereocenters. The number of nitrogens with zero attached hydrogens (tertiary/aromatic N) is 2. The highest BCUT2D eigenvalue weighted by atomic mass is 16.5. The number of hydroxylamine groups is 2. The molecule has 1 amide bonds. The van der Waals surface area contributed by atoms with Crippen molar-refractivity contribution in [3.05, 3.63) is 65.7 Å². The molecule has 1 N–H and O–H groups in total. The Morgan fingerprint density at radius 3 is 2.52 bits per heavy atom. The lowest BCUT2D eigenvalue weighted by atomic mass is 10.0. The van der Waals surface area contributed by atoms with Gasteiger partial charge in [0.25, 0.3) is 0 Å². The maximum absolute atomic E-state index is 11.1. The predicted molar refractivity (Wildman–Crippen MR) is 89.4 cm³/mol. The van der Waals surface area contributed by atoms with Crippen LogP contribution in [0, 0.1) is 11.3 Å². The lowest BCUT2D eigenvalue weighted by molar-refractivity contribution is -0.167. The lowest BCUT2D eigenvalue weighted by Crippen LogP contribution is -2.32. The van der Waals surface area contributed by atoms with Crippen molar-refractivity contribution < 1.29 is 10.0 Å². The first-order valence-corrected chi connectivity index (χ1v) is 7.28. The van der Waals surface area contributed by atoms with Gasteiger partial charge in [-0.15, -0.1) is 0 Å². The van der Waals surface area contributed by atoms with Crippen molar-refractivity contribution >= 4 is 12.0 Å². The van der Waals surface area contributed by atoms with E-state index in [1.54, 1.807) is 25.1 Å². The highest BCUT2D eigenvalue weighted by Gasteiger charge is 2.10. The summed E-state index contributed by atoms with van der Waals surface area (Å²) in [4.78, 5) is 11.1. The van der Waals surface area contributed by atoms with Crippen LogP contribution in [-0.2, 0) is 4.79 Å². The topological polar surface area (TPSA) is 64.3 Å². The first-order valence-electron chi connectivity index (χ1n) is 7.28. The largest absolute Gasteiger partial charge is 0.285 e. The van der Waals surface area contributed by atoms with Gasteiger partial charge in [0.05, 0.1) is 17.7 Å². The van der Waals surface area contributed by atoms with Crippen molar-refractivity contribution in [3.8, 4) is 17.2 Å². The average molecular weight is 306 g/mol. The fourth-order valence-electron chi connectivity index (χ4n) is 2.18. The highest BCUT2D eigenvalue weighted by Crippen LogP contribution is 2.21. The second-order valence-corrected chi connectivity index (χ2v) is 5.28. The van der Waals surface area contributed by atoms with Crippen molar-refractivity contribution in [2.24, 2.45) is 0 Å². The molecule has 0 aromatic heterocycles. The predicted octanol–water partition coefficient (Wildman–Crippen LogP) is 3.86. The quantitative estimate of drug-likeness (QED) is 0.689. The Kier molecular flexibility index (Phi) is 5.29. The first kappa shape index (κ1) is 16.5. The van der Waals surface area contributed by atoms with Crippen LogP contribution in [0.5, 0.6) is 0 Å². The number of amides is 1. The van der Waals surface area contributed by atoms with Crippen LogP contribution in [0.2, 0.25) is 0 Å². The minimum atomic E-state index is -0.397. The van der Waals surface area contributed by atoms with Gasteiger partial charge in [-0.05, 0) is 41.8 Å². The van der Waals surface area contributed by atoms with Gasteiger partial charge in [-0.2, -0.15) is 5.26 Å². The van der Waals surface area contributed by atoms with Crippen LogP contribution in [0.3, 0.4) is 0 Å². The SMILES string of the molecule is CC(=O)N(O)[C@@H](C)/C=C/c1cccc(-c2ccc(C#N)cc2)c1. The molecule has 2 rings (SSSR count). The van der Waals surface area contributed by atoms with E-state index in [4.69, 9.17) is 5.26 Å². The molecule has 116 valence electrons. The van der Waals surface area contributed by atoms with Gasteiger partial charge in [0.1, 0.15) is 0 Å². The number of carbonyl (C=O) groups excluding carboxylic acids is 1. The fourth-order valence-corrected chi connectivity index (χ4v) is 2.18. The molecule has 0 radical (unpaired) electrons. The number of rotatable bonds is 4. The summed E-state index contributed by atoms with van der Waals surface area (Å²) >= 11 is 0. The second-order valence-electron chi connectivity index (χ2n) is 5.28. The Morgan fingerprint density at radius 1 is 1.22 bits per heavy atom. The number of nitriles is 1. The molecule has 1 atom stereocenters. The molecule has 0 spiro atoms. The van der Waals surface area contributed by atoms with Crippen molar-refractivity contribution in [2.45, 2.75) is 19.9 Å². The lowest BCUT2D eigenvalue weighted by Gasteiger charge is -2.17. The summed E-state index contributed by atoms with van der Waals surface area (Å²) in [5, 5.41) is 19.1. The highest BCUT2D eigenvalue weighted by molar-refractivity contribution is 5.73. The van der Waals surface area contributed by atoms with Gasteiger partial charge in [0, 0.05) is 6.92 Å². The second kappa shape index (κ2) is 7.39. The van der Waals surface area contributed by atoms with Gasteiger partial charge < -0.3 is 0 Å². The van der Waals surface area contributed by atoms with E-state index in [0.29, 0.717) is 10.6 Å². The molecule has 0 saturated carbocycles. The Balaban J connectivity index is 2.19. The summed E-state index contributed by atoms with van der Waals surface area (Å²) in [6, 6.07) is 17.0. The molecular formula is C19H18N2O2. The van der Waals surface area contributed by atoms with E-state index < -0.39 is 11.9 Å². The van der Waals surface area contributed by atoms with Crippen molar-refractivity contribution in [3.63, 3.8) is 0 Å². The Bertz CT molecular complexity index is 758. The molecule has 0 bridgehead atoms. The van der Waals surface area contributed by atoms with Crippen molar-refractivity contribution in [1.29, 1.82) is 5.26 Å². The van der Waals surface area contributed by atoms with E-state index in [2.05, 4.69) is 6.07 Å². The van der Waals surface area contributed by atoms with Crippen LogP contribution in [0.4, 0.5) is 0 Å². The summed E-state index contributed by atoms with van der Waals surface area (Å²) in [5.41, 5.74) is 3.66. The summed E-state index contributed by atoms with van der Waals surface area (Å²) in [7, 11) is 0. The third kappa shape index (κ3) is 4.29. The van der Waals surface area contributed by atoms with Gasteiger partial charge >= 0.3 is 0 Å². The third-order valence-corrected chi connectivity index (χ3v) is 3.51. The molecule has 4 nitrogen and oxygen atoms in total. The average Bonchev–Trinajstić information content (AvgIpc) is 2.59. The van der Waals surface area contributed by atoms with Crippen LogP contribution >= 0.6 is 0 Å². The van der Waals surface area contributed by atoms with Gasteiger partial charge in [0.15, 0.2) is 0 Å². The Labute approximate surface area is 135 Å². The van der Waals surface area contributed by atoms with Crippen LogP contribution in [0.25, 0.3) is 17.2 Å². The molecule has 4 heteroatoms. The molecule has 0 aliphatic rings. The van der Waals surface area contributed by atoms with Crippen LogP contribution in [-0.4, -0.2) is 22.2 Å². The van der Waals surface area contributed by atoms with Gasteiger partial charge in [-0.3, -0.25) is 10.0 Å². The monoisotopic (exact) mass is 306 g/mol. The minimum absolute atomic E-state index is 0.395. The Morgan fingerprint density at radius 2 is 1.91 bits per heavy atom. The smallest absolute Gasteiger partial charge is 0.243 e. The number of carbonyl (C=O) groups is 1. The summed E-state index contributed by atoms with van der Waals surface area (Å²) < 4.78 is 0. The molecule has 2 aromatic carbocycles. The molecule has 2 aromatic rings. The normalized spacial score (nSPS) is 11.9. The molecule has 0 saturated heterocycles. The van der Waals surface area contributed by atoms with E-state index in [-0.39, 0.29) is 0 Å². The van der Waals surface area contributed by atoms with Crippen LogP contribution in [0.1, 0.15) is 25.0 Å². The molecule has 0 aliphatic carbocycles. The van der Waals surface area contributed by atoms with E-state index in [0.717, 1.165) is 16.7 Å². The molecule has 23 heavy (non-hydrogen) atoms. The van der Waals surface area contributed by atoms with Crippen LogP contribution in [0.15, 0.2) is 54.6 Å². The summed E-state index contributed by atoms with van der Waals surface area (Å²) in [5.74, 6) is -0.395. The van der Waals surface area contributed by atoms with E-state index in [9.17, 15) is 10.0 Å². The third-order valence-electron chi connectivity index (χ3n) is 3.51. The maximum Gasteiger partial charge on any atom is 0.243 e. The fraction of sp³-hybridized carbons (Fsp3) is 0.158. The van der Waals surface area contributed by atoms with Gasteiger partial charge in [0.2, 0.25) is 5.91 Å². The zero-order valence-electron chi connectivity index (χ0n) is 13.1. The van der Waals surface area contributed by atoms with E-state index in [1.165, 1.54) is 6.92 Å². The number of hydrogen-bond acceptors (Lipinski definition) is 3. The summed E-state index contributed by atoms with van der Waals surface area (Å²) in [6.07, 6.45) is 3.63. The zero-order valence-corrected chi connectivity index (χ0v) is 13.1. The van der Waals surface area contributed by atoms with Gasteiger partial charge in [-0.1, -0.05) is 42.5 Å². The number of hydrogen-bond donors (Lipinski definition) is 1. The zero-order chi connectivity index (χ0) is 16.8. The standard InChI is InChI=1S/C19H18N2O2/c1-14(21(23)15(2)22)6-7-16-4-3-5-19(12-16)18-10-8-17(13-20)9-11-18/h3-12,14,23H,1-2H3/b7-6+/t14-/m0/s1.